The van der Waals surface area contributed by atoms with Crippen LogP contribution >= 0.6 is 0 Å². The largest absolute Gasteiger partial charge is 0.395 e. The smallest absolute Gasteiger partial charge is 0.172 e. The number of aliphatic hydroxyl groups is 1. The number of ether oxygens (including phenoxy) is 3. The molecule has 1 rings (SSSR count). The second kappa shape index (κ2) is 11.9. The zero-order valence-corrected chi connectivity index (χ0v) is 18.8. The Hall–Kier alpha value is -0.980. The topological polar surface area (TPSA) is 60.0 Å². The van der Waals surface area contributed by atoms with Gasteiger partial charge in [0.25, 0.3) is 0 Å². The lowest BCUT2D eigenvalue weighted by molar-refractivity contribution is -0.183. The summed E-state index contributed by atoms with van der Waals surface area (Å²) in [7, 11) is 0. The predicted molar refractivity (Wildman–Crippen MR) is 114 cm³/mol. The number of nitrogens with one attached hydrogen (secondary N) is 1. The van der Waals surface area contributed by atoms with Crippen molar-refractivity contribution in [3.8, 4) is 0 Å². The van der Waals surface area contributed by atoms with Crippen molar-refractivity contribution in [2.75, 3.05) is 26.4 Å². The quantitative estimate of drug-likeness (QED) is 0.524. The first kappa shape index (κ1) is 25.1. The van der Waals surface area contributed by atoms with Crippen LogP contribution in [0.1, 0.15) is 54.0 Å². The summed E-state index contributed by atoms with van der Waals surface area (Å²) in [6.07, 6.45) is -0.387. The molecule has 162 valence electrons. The summed E-state index contributed by atoms with van der Waals surface area (Å²) >= 11 is 0. The minimum absolute atomic E-state index is 0.00953. The summed E-state index contributed by atoms with van der Waals surface area (Å²) in [4.78, 5) is 0. The Morgan fingerprint density at radius 2 is 1.46 bits per heavy atom. The summed E-state index contributed by atoms with van der Waals surface area (Å²) in [6, 6.07) is 9.76. The first-order valence-corrected chi connectivity index (χ1v) is 10.2. The van der Waals surface area contributed by atoms with Gasteiger partial charge in [0.2, 0.25) is 0 Å². The molecule has 2 atom stereocenters. The third-order valence-electron chi connectivity index (χ3n) is 3.92. The highest BCUT2D eigenvalue weighted by atomic mass is 16.7. The highest BCUT2D eigenvalue weighted by Crippen LogP contribution is 2.19. The maximum absolute atomic E-state index is 9.75. The van der Waals surface area contributed by atoms with E-state index < -0.39 is 0 Å². The lowest BCUT2D eigenvalue weighted by Crippen LogP contribution is -2.50. The molecule has 1 aromatic carbocycles. The molecule has 0 bridgehead atoms. The van der Waals surface area contributed by atoms with E-state index in [0.717, 1.165) is 5.56 Å². The van der Waals surface area contributed by atoms with Crippen molar-refractivity contribution in [1.29, 1.82) is 0 Å². The fourth-order valence-electron chi connectivity index (χ4n) is 2.50. The Morgan fingerprint density at radius 3 is 1.93 bits per heavy atom. The van der Waals surface area contributed by atoms with Crippen molar-refractivity contribution in [2.24, 2.45) is 10.8 Å². The van der Waals surface area contributed by atoms with Crippen molar-refractivity contribution in [1.82, 2.24) is 5.32 Å². The zero-order chi connectivity index (χ0) is 21.2. The van der Waals surface area contributed by atoms with Crippen LogP contribution in [-0.4, -0.2) is 49.9 Å². The van der Waals surface area contributed by atoms with Gasteiger partial charge < -0.3 is 24.6 Å². The highest BCUT2D eigenvalue weighted by Gasteiger charge is 2.26. The van der Waals surface area contributed by atoms with E-state index in [4.69, 9.17) is 14.2 Å². The molecule has 0 aliphatic carbocycles. The summed E-state index contributed by atoms with van der Waals surface area (Å²) in [5, 5.41) is 13.1. The van der Waals surface area contributed by atoms with Crippen LogP contribution in [0, 0.1) is 10.8 Å². The number of hydrogen-bond donors (Lipinski definition) is 2. The Labute approximate surface area is 171 Å². The molecule has 0 saturated carbocycles. The van der Waals surface area contributed by atoms with Gasteiger partial charge >= 0.3 is 0 Å². The molecule has 2 N–H and O–H groups in total. The fourth-order valence-corrected chi connectivity index (χ4v) is 2.50. The molecule has 0 saturated heterocycles. The van der Waals surface area contributed by atoms with Gasteiger partial charge in [-0.05, 0) is 23.3 Å². The molecule has 0 amide bonds. The van der Waals surface area contributed by atoms with E-state index >= 15 is 0 Å². The molecule has 5 heteroatoms. The first-order chi connectivity index (χ1) is 13.0. The summed E-state index contributed by atoms with van der Waals surface area (Å²) < 4.78 is 17.9. The van der Waals surface area contributed by atoms with Crippen LogP contribution in [-0.2, 0) is 20.8 Å². The van der Waals surface area contributed by atoms with E-state index in [1.165, 1.54) is 0 Å². The van der Waals surface area contributed by atoms with Gasteiger partial charge in [0.1, 0.15) is 0 Å². The minimum atomic E-state index is -0.387. The average Bonchev–Trinajstić information content (AvgIpc) is 2.59. The van der Waals surface area contributed by atoms with Crippen LogP contribution in [0.2, 0.25) is 0 Å². The van der Waals surface area contributed by atoms with Gasteiger partial charge in [0.05, 0.1) is 45.1 Å². The van der Waals surface area contributed by atoms with Gasteiger partial charge in [-0.25, -0.2) is 0 Å². The third-order valence-corrected chi connectivity index (χ3v) is 3.92. The minimum Gasteiger partial charge on any atom is -0.395 e. The van der Waals surface area contributed by atoms with E-state index in [2.05, 4.69) is 46.9 Å². The summed E-state index contributed by atoms with van der Waals surface area (Å²) in [5.74, 6) is 0. The molecule has 0 aromatic heterocycles. The molecule has 0 spiro atoms. The molecule has 0 radical (unpaired) electrons. The summed E-state index contributed by atoms with van der Waals surface area (Å²) in [6.45, 7) is 17.0. The van der Waals surface area contributed by atoms with Gasteiger partial charge in [0.15, 0.2) is 6.29 Å². The van der Waals surface area contributed by atoms with E-state index in [-0.39, 0.29) is 35.8 Å². The van der Waals surface area contributed by atoms with Crippen LogP contribution in [0.4, 0.5) is 0 Å². The number of aliphatic hydroxyl groups excluding tert-OH is 1. The van der Waals surface area contributed by atoms with Crippen LogP contribution < -0.4 is 5.32 Å². The second-order valence-electron chi connectivity index (χ2n) is 9.95. The van der Waals surface area contributed by atoms with Crippen LogP contribution in [0.3, 0.4) is 0 Å². The van der Waals surface area contributed by atoms with Gasteiger partial charge in [-0.15, -0.1) is 0 Å². The zero-order valence-electron chi connectivity index (χ0n) is 18.8. The number of hydrogen-bond acceptors (Lipinski definition) is 5. The van der Waals surface area contributed by atoms with Crippen molar-refractivity contribution < 1.29 is 19.3 Å². The van der Waals surface area contributed by atoms with Crippen molar-refractivity contribution >= 4 is 0 Å². The molecular weight excluding hydrogens is 354 g/mol. The molecule has 28 heavy (non-hydrogen) atoms. The Morgan fingerprint density at radius 1 is 0.929 bits per heavy atom. The molecule has 1 unspecified atom stereocenters. The molecule has 0 aliphatic heterocycles. The van der Waals surface area contributed by atoms with E-state index in [9.17, 15) is 5.11 Å². The molecule has 1 aromatic rings. The average molecular weight is 396 g/mol. The van der Waals surface area contributed by atoms with E-state index in [1.54, 1.807) is 0 Å². The van der Waals surface area contributed by atoms with E-state index in [1.807, 2.05) is 37.3 Å². The number of rotatable bonds is 12. The van der Waals surface area contributed by atoms with Crippen LogP contribution in [0.5, 0.6) is 0 Å². The summed E-state index contributed by atoms with van der Waals surface area (Å²) in [5.41, 5.74) is 1.23. The van der Waals surface area contributed by atoms with Gasteiger partial charge in [-0.2, -0.15) is 0 Å². The molecule has 0 heterocycles. The van der Waals surface area contributed by atoms with Crippen LogP contribution in [0.15, 0.2) is 30.3 Å². The normalized spacial score (nSPS) is 15.0. The monoisotopic (exact) mass is 395 g/mol. The van der Waals surface area contributed by atoms with Crippen molar-refractivity contribution in [3.63, 3.8) is 0 Å². The Kier molecular flexibility index (Phi) is 10.6. The molecule has 5 nitrogen and oxygen atoms in total. The van der Waals surface area contributed by atoms with Crippen LogP contribution in [0.25, 0.3) is 0 Å². The maximum Gasteiger partial charge on any atom is 0.172 e. The molecule has 0 fully saturated rings. The maximum atomic E-state index is 9.75. The van der Waals surface area contributed by atoms with Gasteiger partial charge in [-0.1, -0.05) is 71.9 Å². The standard InChI is InChI=1S/C23H41NO4/c1-18(21(27-16-22(2,3)4)28-17-23(5,6)7)24-20(13-25)15-26-14-19-11-9-8-10-12-19/h8-12,18,20-21,24-25H,13-17H2,1-7H3/t18-,20?/m1/s1. The lowest BCUT2D eigenvalue weighted by atomic mass is 9.98. The predicted octanol–water partition coefficient (Wildman–Crippen LogP) is 3.99. The third kappa shape index (κ3) is 11.8. The Balaban J connectivity index is 2.56. The highest BCUT2D eigenvalue weighted by molar-refractivity contribution is 5.13. The van der Waals surface area contributed by atoms with E-state index in [0.29, 0.717) is 26.4 Å². The van der Waals surface area contributed by atoms with Gasteiger partial charge in [-0.3, -0.25) is 0 Å². The van der Waals surface area contributed by atoms with Gasteiger partial charge in [0, 0.05) is 0 Å². The van der Waals surface area contributed by atoms with Crippen molar-refractivity contribution in [3.05, 3.63) is 35.9 Å². The number of benzene rings is 1. The molecular formula is C23H41NO4. The molecule has 0 aliphatic rings. The Bertz CT molecular complexity index is 504. The lowest BCUT2D eigenvalue weighted by Gasteiger charge is -2.32. The van der Waals surface area contributed by atoms with Crippen molar-refractivity contribution in [2.45, 2.75) is 73.4 Å². The first-order valence-electron chi connectivity index (χ1n) is 10.2. The second-order valence-corrected chi connectivity index (χ2v) is 9.95. The fraction of sp³-hybridized carbons (Fsp3) is 0.739. The SMILES string of the molecule is C[C@@H](NC(CO)COCc1ccccc1)C(OCC(C)(C)C)OCC(C)(C)C.